The third-order valence-corrected chi connectivity index (χ3v) is 4.04. The van der Waals surface area contributed by atoms with E-state index in [-0.39, 0.29) is 11.3 Å². The fraction of sp³-hybridized carbons (Fsp3) is 0.929. The predicted octanol–water partition coefficient (Wildman–Crippen LogP) is 0.461. The monoisotopic (exact) mass is 271 g/mol. The van der Waals surface area contributed by atoms with Crippen molar-refractivity contribution in [3.05, 3.63) is 0 Å². The lowest BCUT2D eigenvalue weighted by atomic mass is 9.79. The number of amides is 1. The molecule has 1 aliphatic heterocycles. The molecule has 0 aromatic heterocycles. The summed E-state index contributed by atoms with van der Waals surface area (Å²) >= 11 is 0. The summed E-state index contributed by atoms with van der Waals surface area (Å²) in [7, 11) is 1.74. The van der Waals surface area contributed by atoms with Crippen molar-refractivity contribution in [1.29, 1.82) is 0 Å². The average molecular weight is 271 g/mol. The molecule has 0 radical (unpaired) electrons. The number of ether oxygens (including phenoxy) is 1. The van der Waals surface area contributed by atoms with E-state index in [0.29, 0.717) is 6.54 Å². The highest BCUT2D eigenvalue weighted by Crippen LogP contribution is 2.28. The second-order valence-corrected chi connectivity index (χ2v) is 5.42. The van der Waals surface area contributed by atoms with Gasteiger partial charge in [-0.15, -0.1) is 0 Å². The number of hydrogen-bond donors (Lipinski definition) is 2. The van der Waals surface area contributed by atoms with Crippen LogP contribution in [0.1, 0.15) is 26.7 Å². The molecule has 0 bridgehead atoms. The van der Waals surface area contributed by atoms with Crippen molar-refractivity contribution in [3.63, 3.8) is 0 Å². The van der Waals surface area contributed by atoms with Gasteiger partial charge in [-0.2, -0.15) is 0 Å². The lowest BCUT2D eigenvalue weighted by molar-refractivity contribution is -0.123. The highest BCUT2D eigenvalue weighted by atomic mass is 16.5. The average Bonchev–Trinajstić information content (AvgIpc) is 2.44. The Bertz CT molecular complexity index is 256. The normalized spacial score (nSPS) is 18.5. The van der Waals surface area contributed by atoms with Crippen molar-refractivity contribution in [2.45, 2.75) is 26.7 Å². The molecule has 19 heavy (non-hydrogen) atoms. The standard InChI is InChI=1S/C14H29N3O2/c1-4-17(5-2)10-13(18)16-11-14(12-19-3)6-8-15-9-7-14/h15H,4-12H2,1-3H3,(H,16,18). The lowest BCUT2D eigenvalue weighted by Gasteiger charge is -2.37. The Morgan fingerprint density at radius 1 is 1.32 bits per heavy atom. The van der Waals surface area contributed by atoms with Crippen molar-refractivity contribution in [2.24, 2.45) is 5.41 Å². The molecular weight excluding hydrogens is 242 g/mol. The van der Waals surface area contributed by atoms with Crippen LogP contribution in [0.25, 0.3) is 0 Å². The number of carbonyl (C=O) groups is 1. The summed E-state index contributed by atoms with van der Waals surface area (Å²) in [6.07, 6.45) is 2.12. The number of rotatable bonds is 8. The summed E-state index contributed by atoms with van der Waals surface area (Å²) in [5.41, 5.74) is 0.110. The minimum absolute atomic E-state index is 0.110. The van der Waals surface area contributed by atoms with Crippen LogP contribution in [0, 0.1) is 5.41 Å². The molecule has 2 N–H and O–H groups in total. The molecule has 5 nitrogen and oxygen atoms in total. The minimum atomic E-state index is 0.110. The molecule has 1 fully saturated rings. The third kappa shape index (κ3) is 5.47. The Balaban J connectivity index is 2.40. The van der Waals surface area contributed by atoms with Gasteiger partial charge in [0.1, 0.15) is 0 Å². The van der Waals surface area contributed by atoms with E-state index in [9.17, 15) is 4.79 Å². The zero-order chi connectivity index (χ0) is 14.1. The molecule has 0 aromatic carbocycles. The number of methoxy groups -OCH3 is 1. The smallest absolute Gasteiger partial charge is 0.234 e. The molecule has 1 saturated heterocycles. The zero-order valence-electron chi connectivity index (χ0n) is 12.6. The first kappa shape index (κ1) is 16.4. The van der Waals surface area contributed by atoms with E-state index in [1.54, 1.807) is 7.11 Å². The molecule has 1 heterocycles. The first-order chi connectivity index (χ1) is 9.15. The molecule has 112 valence electrons. The first-order valence-electron chi connectivity index (χ1n) is 7.34. The number of nitrogens with one attached hydrogen (secondary N) is 2. The van der Waals surface area contributed by atoms with Gasteiger partial charge in [-0.1, -0.05) is 13.8 Å². The molecule has 1 aliphatic rings. The molecule has 5 heteroatoms. The van der Waals surface area contributed by atoms with Crippen LogP contribution < -0.4 is 10.6 Å². The molecule has 0 aromatic rings. The molecule has 0 spiro atoms. The van der Waals surface area contributed by atoms with Crippen molar-refractivity contribution < 1.29 is 9.53 Å². The lowest BCUT2D eigenvalue weighted by Crippen LogP contribution is -2.48. The maximum atomic E-state index is 12.0. The zero-order valence-corrected chi connectivity index (χ0v) is 12.6. The molecule has 0 aliphatic carbocycles. The SMILES string of the molecule is CCN(CC)CC(=O)NCC1(COC)CCNCC1. The van der Waals surface area contributed by atoms with Crippen molar-refractivity contribution in [3.8, 4) is 0 Å². The van der Waals surface area contributed by atoms with Crippen LogP contribution in [-0.4, -0.2) is 63.8 Å². The summed E-state index contributed by atoms with van der Waals surface area (Å²) in [6, 6.07) is 0. The van der Waals surface area contributed by atoms with Crippen LogP contribution in [0.4, 0.5) is 0 Å². The van der Waals surface area contributed by atoms with Crippen molar-refractivity contribution >= 4 is 5.91 Å². The van der Waals surface area contributed by atoms with Crippen LogP contribution in [-0.2, 0) is 9.53 Å². The summed E-state index contributed by atoms with van der Waals surface area (Å²) in [4.78, 5) is 14.1. The highest BCUT2D eigenvalue weighted by molar-refractivity contribution is 5.78. The topological polar surface area (TPSA) is 53.6 Å². The first-order valence-corrected chi connectivity index (χ1v) is 7.34. The summed E-state index contributed by atoms with van der Waals surface area (Å²) < 4.78 is 5.35. The minimum Gasteiger partial charge on any atom is -0.384 e. The van der Waals surface area contributed by atoms with Gasteiger partial charge in [-0.25, -0.2) is 0 Å². The molecule has 1 amide bonds. The van der Waals surface area contributed by atoms with Crippen molar-refractivity contribution in [1.82, 2.24) is 15.5 Å². The van der Waals surface area contributed by atoms with E-state index >= 15 is 0 Å². The Kier molecular flexibility index (Phi) is 7.34. The molecule has 0 saturated carbocycles. The van der Waals surface area contributed by atoms with Crippen molar-refractivity contribution in [2.75, 3.05) is 53.0 Å². The van der Waals surface area contributed by atoms with Gasteiger partial charge in [0.2, 0.25) is 5.91 Å². The number of nitrogens with zero attached hydrogens (tertiary/aromatic N) is 1. The largest absolute Gasteiger partial charge is 0.384 e. The van der Waals surface area contributed by atoms with Gasteiger partial charge in [-0.3, -0.25) is 9.69 Å². The molecule has 0 unspecified atom stereocenters. The van der Waals surface area contributed by atoms with E-state index in [0.717, 1.165) is 52.2 Å². The van der Waals surface area contributed by atoms with Crippen LogP contribution in [0.3, 0.4) is 0 Å². The Hall–Kier alpha value is -0.650. The van der Waals surface area contributed by atoms with Crippen LogP contribution in [0.2, 0.25) is 0 Å². The second kappa shape index (κ2) is 8.51. The van der Waals surface area contributed by atoms with E-state index in [1.165, 1.54) is 0 Å². The predicted molar refractivity (Wildman–Crippen MR) is 77.2 cm³/mol. The fourth-order valence-electron chi connectivity index (χ4n) is 2.63. The van der Waals surface area contributed by atoms with Crippen LogP contribution in [0.15, 0.2) is 0 Å². The Morgan fingerprint density at radius 2 is 1.95 bits per heavy atom. The van der Waals surface area contributed by atoms with Gasteiger partial charge < -0.3 is 15.4 Å². The van der Waals surface area contributed by atoms with Crippen LogP contribution in [0.5, 0.6) is 0 Å². The van der Waals surface area contributed by atoms with Gasteiger partial charge >= 0.3 is 0 Å². The van der Waals surface area contributed by atoms with Gasteiger partial charge in [0, 0.05) is 19.1 Å². The number of piperidine rings is 1. The quantitative estimate of drug-likeness (QED) is 0.673. The molecule has 0 atom stereocenters. The van der Waals surface area contributed by atoms with E-state index in [2.05, 4.69) is 29.4 Å². The second-order valence-electron chi connectivity index (χ2n) is 5.42. The number of hydrogen-bond acceptors (Lipinski definition) is 4. The Morgan fingerprint density at radius 3 is 2.47 bits per heavy atom. The van der Waals surface area contributed by atoms with Gasteiger partial charge in [-0.05, 0) is 39.0 Å². The summed E-state index contributed by atoms with van der Waals surface area (Å²) in [5, 5.41) is 6.45. The maximum Gasteiger partial charge on any atom is 0.234 e. The Labute approximate surface area is 117 Å². The highest BCUT2D eigenvalue weighted by Gasteiger charge is 2.32. The third-order valence-electron chi connectivity index (χ3n) is 4.04. The molecular formula is C14H29N3O2. The summed E-state index contributed by atoms with van der Waals surface area (Å²) in [5.74, 6) is 0.123. The van der Waals surface area contributed by atoms with E-state index in [4.69, 9.17) is 4.74 Å². The molecule has 1 rings (SSSR count). The fourth-order valence-corrected chi connectivity index (χ4v) is 2.63. The van der Waals surface area contributed by atoms with E-state index in [1.807, 2.05) is 0 Å². The van der Waals surface area contributed by atoms with Gasteiger partial charge in [0.05, 0.1) is 13.2 Å². The van der Waals surface area contributed by atoms with Gasteiger partial charge in [0.25, 0.3) is 0 Å². The van der Waals surface area contributed by atoms with E-state index < -0.39 is 0 Å². The summed E-state index contributed by atoms with van der Waals surface area (Å²) in [6.45, 7) is 9.95. The number of likely N-dealkylation sites (N-methyl/N-ethyl adjacent to an activating group) is 1. The van der Waals surface area contributed by atoms with Crippen LogP contribution >= 0.6 is 0 Å². The number of carbonyl (C=O) groups excluding carboxylic acids is 1. The van der Waals surface area contributed by atoms with Gasteiger partial charge in [0.15, 0.2) is 0 Å². The maximum absolute atomic E-state index is 12.0.